The second kappa shape index (κ2) is 8.48. The molecule has 1 aliphatic heterocycles. The van der Waals surface area contributed by atoms with E-state index in [1.807, 2.05) is 4.90 Å². The first-order valence-electron chi connectivity index (χ1n) is 8.74. The van der Waals surface area contributed by atoms with Gasteiger partial charge in [-0.05, 0) is 36.4 Å². The van der Waals surface area contributed by atoms with Crippen LogP contribution in [-0.2, 0) is 4.74 Å². The van der Waals surface area contributed by atoms with E-state index in [0.29, 0.717) is 32.1 Å². The third-order valence-corrected chi connectivity index (χ3v) is 4.12. The van der Waals surface area contributed by atoms with Gasteiger partial charge in [-0.2, -0.15) is 0 Å². The molecule has 2 aromatic rings. The number of ether oxygens (including phenoxy) is 2. The zero-order valence-corrected chi connectivity index (χ0v) is 15.5. The van der Waals surface area contributed by atoms with Crippen LogP contribution in [0.2, 0.25) is 0 Å². The Hall–Kier alpha value is -3.14. The molecule has 1 N–H and O–H groups in total. The number of anilines is 2. The van der Waals surface area contributed by atoms with Gasteiger partial charge in [0, 0.05) is 31.3 Å². The van der Waals surface area contributed by atoms with Crippen molar-refractivity contribution < 1.29 is 32.2 Å². The van der Waals surface area contributed by atoms with E-state index in [1.54, 1.807) is 6.07 Å². The average molecular weight is 409 g/mol. The molecule has 0 atom stereocenters. The van der Waals surface area contributed by atoms with Crippen LogP contribution in [0, 0.1) is 0 Å². The van der Waals surface area contributed by atoms with Crippen molar-refractivity contribution >= 4 is 23.2 Å². The minimum atomic E-state index is -4.79. The van der Waals surface area contributed by atoms with Crippen LogP contribution in [0.15, 0.2) is 36.4 Å². The summed E-state index contributed by atoms with van der Waals surface area (Å²) in [6.45, 7) is 3.54. The number of halogens is 3. The summed E-state index contributed by atoms with van der Waals surface area (Å²) in [5.41, 5.74) is 0.633. The second-order valence-corrected chi connectivity index (χ2v) is 6.28. The summed E-state index contributed by atoms with van der Waals surface area (Å²) in [5.74, 6) is -0.718. The van der Waals surface area contributed by atoms with Crippen molar-refractivity contribution in [1.29, 1.82) is 0 Å². The number of nitrogens with one attached hydrogen (secondary N) is 1. The maximum Gasteiger partial charge on any atom is 0.573 e. The molecule has 7 nitrogen and oxygen atoms in total. The van der Waals surface area contributed by atoms with Crippen molar-refractivity contribution in [2.24, 2.45) is 0 Å². The van der Waals surface area contributed by atoms with E-state index in [9.17, 15) is 22.8 Å². The first-order chi connectivity index (χ1) is 13.7. The van der Waals surface area contributed by atoms with Gasteiger partial charge in [0.05, 0.1) is 13.2 Å². The highest BCUT2D eigenvalue weighted by molar-refractivity contribution is 6.06. The number of morpholine rings is 1. The monoisotopic (exact) mass is 409 g/mol. The number of alkyl halides is 3. The first kappa shape index (κ1) is 20.6. The predicted octanol–water partition coefficient (Wildman–Crippen LogP) is 3.27. The van der Waals surface area contributed by atoms with Gasteiger partial charge >= 0.3 is 6.36 Å². The van der Waals surface area contributed by atoms with E-state index in [2.05, 4.69) is 15.0 Å². The van der Waals surface area contributed by atoms with Crippen molar-refractivity contribution in [3.8, 4) is 5.75 Å². The number of hydrogen-bond acceptors (Lipinski definition) is 6. The fourth-order valence-corrected chi connectivity index (χ4v) is 2.73. The quantitative estimate of drug-likeness (QED) is 0.764. The number of aromatic nitrogens is 1. The zero-order chi connectivity index (χ0) is 21.0. The van der Waals surface area contributed by atoms with Gasteiger partial charge in [0.1, 0.15) is 17.3 Å². The molecule has 1 fully saturated rings. The van der Waals surface area contributed by atoms with Gasteiger partial charge in [-0.3, -0.25) is 9.59 Å². The molecule has 3 rings (SSSR count). The molecule has 29 heavy (non-hydrogen) atoms. The van der Waals surface area contributed by atoms with Crippen molar-refractivity contribution in [2.75, 3.05) is 36.5 Å². The third kappa shape index (κ3) is 5.67. The Labute approximate surface area is 164 Å². The highest BCUT2D eigenvalue weighted by Gasteiger charge is 2.31. The summed E-state index contributed by atoms with van der Waals surface area (Å²) in [5, 5.41) is 2.59. The molecule has 1 amide bonds. The lowest BCUT2D eigenvalue weighted by Crippen LogP contribution is -2.37. The van der Waals surface area contributed by atoms with Crippen molar-refractivity contribution in [3.63, 3.8) is 0 Å². The van der Waals surface area contributed by atoms with Crippen LogP contribution in [0.5, 0.6) is 5.75 Å². The lowest BCUT2D eigenvalue weighted by Gasteiger charge is -2.28. The number of carbonyl (C=O) groups excluding carboxylic acids is 2. The average Bonchev–Trinajstić information content (AvgIpc) is 2.68. The molecular formula is C19H18F3N3O4. The summed E-state index contributed by atoms with van der Waals surface area (Å²) in [6.07, 6.45) is -4.79. The normalized spacial score (nSPS) is 14.4. The number of hydrogen-bond donors (Lipinski definition) is 1. The van der Waals surface area contributed by atoms with Crippen molar-refractivity contribution in [2.45, 2.75) is 13.3 Å². The first-order valence-corrected chi connectivity index (χ1v) is 8.74. The molecule has 2 heterocycles. The maximum atomic E-state index is 12.6. The van der Waals surface area contributed by atoms with Crippen LogP contribution >= 0.6 is 0 Å². The number of Topliss-reactive ketones (excluding diaryl/α,β-unsaturated/α-hetero) is 1. The molecule has 1 aromatic carbocycles. The van der Waals surface area contributed by atoms with E-state index < -0.39 is 18.0 Å². The van der Waals surface area contributed by atoms with Crippen LogP contribution in [0.4, 0.5) is 24.7 Å². The number of benzene rings is 1. The van der Waals surface area contributed by atoms with Gasteiger partial charge in [-0.15, -0.1) is 13.2 Å². The van der Waals surface area contributed by atoms with Crippen LogP contribution in [0.3, 0.4) is 0 Å². The highest BCUT2D eigenvalue weighted by Crippen LogP contribution is 2.24. The number of pyridine rings is 1. The van der Waals surface area contributed by atoms with Gasteiger partial charge in [0.2, 0.25) is 0 Å². The molecule has 0 bridgehead atoms. The van der Waals surface area contributed by atoms with Crippen LogP contribution in [0.25, 0.3) is 0 Å². The van der Waals surface area contributed by atoms with Crippen LogP contribution in [-0.4, -0.2) is 49.3 Å². The van der Waals surface area contributed by atoms with Crippen LogP contribution in [0.1, 0.15) is 27.8 Å². The SMILES string of the molecule is CC(=O)c1cc(C(=O)Nc2ccc(OC(F)(F)F)cc2)cc(N2CCOCC2)n1. The smallest absolute Gasteiger partial charge is 0.406 e. The Bertz CT molecular complexity index is 895. The Morgan fingerprint density at radius 1 is 1.14 bits per heavy atom. The molecule has 1 saturated heterocycles. The van der Waals surface area contributed by atoms with Crippen LogP contribution < -0.4 is 15.0 Å². The number of ketones is 1. The number of carbonyl (C=O) groups is 2. The van der Waals surface area contributed by atoms with Gasteiger partial charge in [-0.1, -0.05) is 0 Å². The molecular weight excluding hydrogens is 391 g/mol. The van der Waals surface area contributed by atoms with Gasteiger partial charge in [0.15, 0.2) is 5.78 Å². The Kier molecular flexibility index (Phi) is 6.02. The summed E-state index contributed by atoms with van der Waals surface area (Å²) < 4.78 is 45.8. The lowest BCUT2D eigenvalue weighted by molar-refractivity contribution is -0.274. The van der Waals surface area contributed by atoms with E-state index in [1.165, 1.54) is 25.1 Å². The summed E-state index contributed by atoms with van der Waals surface area (Å²) in [4.78, 5) is 30.7. The standard InChI is InChI=1S/C19H18F3N3O4/c1-12(26)16-10-13(11-17(24-16)25-6-8-28-9-7-25)18(27)23-14-2-4-15(5-3-14)29-19(20,21)22/h2-5,10-11H,6-9H2,1H3,(H,23,27). The summed E-state index contributed by atoms with van der Waals surface area (Å²) in [7, 11) is 0. The fourth-order valence-electron chi connectivity index (χ4n) is 2.73. The minimum absolute atomic E-state index is 0.146. The molecule has 1 aliphatic rings. The molecule has 154 valence electrons. The number of nitrogens with zero attached hydrogens (tertiary/aromatic N) is 2. The topological polar surface area (TPSA) is 80.8 Å². The van der Waals surface area contributed by atoms with Crippen molar-refractivity contribution in [1.82, 2.24) is 4.98 Å². The van der Waals surface area contributed by atoms with E-state index in [4.69, 9.17) is 4.74 Å². The van der Waals surface area contributed by atoms with Gasteiger partial charge in [-0.25, -0.2) is 4.98 Å². The minimum Gasteiger partial charge on any atom is -0.406 e. The molecule has 0 radical (unpaired) electrons. The Morgan fingerprint density at radius 2 is 1.79 bits per heavy atom. The second-order valence-electron chi connectivity index (χ2n) is 6.28. The number of amides is 1. The molecule has 1 aromatic heterocycles. The fraction of sp³-hybridized carbons (Fsp3) is 0.316. The molecule has 0 saturated carbocycles. The Morgan fingerprint density at radius 3 is 2.38 bits per heavy atom. The predicted molar refractivity (Wildman–Crippen MR) is 98.4 cm³/mol. The van der Waals surface area contributed by atoms with E-state index in [0.717, 1.165) is 12.1 Å². The zero-order valence-electron chi connectivity index (χ0n) is 15.5. The van der Waals surface area contributed by atoms with Gasteiger partial charge in [0.25, 0.3) is 5.91 Å². The van der Waals surface area contributed by atoms with E-state index >= 15 is 0 Å². The summed E-state index contributed by atoms with van der Waals surface area (Å²) >= 11 is 0. The lowest BCUT2D eigenvalue weighted by atomic mass is 10.1. The molecule has 10 heteroatoms. The summed E-state index contributed by atoms with van der Waals surface area (Å²) in [6, 6.07) is 7.70. The maximum absolute atomic E-state index is 12.6. The largest absolute Gasteiger partial charge is 0.573 e. The Balaban J connectivity index is 1.79. The van der Waals surface area contributed by atoms with Crippen molar-refractivity contribution in [3.05, 3.63) is 47.7 Å². The molecule has 0 aliphatic carbocycles. The molecule has 0 unspecified atom stereocenters. The highest BCUT2D eigenvalue weighted by atomic mass is 19.4. The van der Waals surface area contributed by atoms with Gasteiger partial charge < -0.3 is 19.7 Å². The molecule has 0 spiro atoms. The number of rotatable bonds is 5. The third-order valence-electron chi connectivity index (χ3n) is 4.12. The van der Waals surface area contributed by atoms with E-state index in [-0.39, 0.29) is 22.7 Å².